The summed E-state index contributed by atoms with van der Waals surface area (Å²) in [5.74, 6) is -0.876. The van der Waals surface area contributed by atoms with E-state index in [0.717, 1.165) is 32.1 Å². The zero-order valence-corrected chi connectivity index (χ0v) is 34.0. The van der Waals surface area contributed by atoms with Gasteiger partial charge >= 0.3 is 19.8 Å². The van der Waals surface area contributed by atoms with E-state index < -0.39 is 26.5 Å². The largest absolute Gasteiger partial charge is 0.472 e. The number of hydrogen-bond donors (Lipinski definition) is 2. The molecule has 0 saturated heterocycles. The van der Waals surface area contributed by atoms with Gasteiger partial charge in [-0.25, -0.2) is 4.57 Å². The number of hydrogen-bond acceptors (Lipinski definition) is 8. The Morgan fingerprint density at radius 1 is 0.569 bits per heavy atom. The highest BCUT2D eigenvalue weighted by molar-refractivity contribution is 7.47. The molecule has 51 heavy (non-hydrogen) atoms. The predicted molar refractivity (Wildman–Crippen MR) is 211 cm³/mol. The number of esters is 2. The first-order valence-electron chi connectivity index (χ1n) is 21.2. The standard InChI is InChI=1S/C41H80NO8P/c1-3-5-7-9-11-13-15-17-18-19-20-22-24-26-28-30-32-34-41(44)50-39(38-49-51(45,46)48-36-35-42)37-47-40(43)33-31-29-27-25-23-21-16-14-12-10-8-6-4-2/h28,30,39H,3-27,29,31-38,42H2,1-2H3,(H,45,46). The Morgan fingerprint density at radius 3 is 1.47 bits per heavy atom. The summed E-state index contributed by atoms with van der Waals surface area (Å²) >= 11 is 0. The summed E-state index contributed by atoms with van der Waals surface area (Å²) in [5.41, 5.74) is 5.34. The first-order chi connectivity index (χ1) is 24.8. The molecular weight excluding hydrogens is 665 g/mol. The van der Waals surface area contributed by atoms with Crippen molar-refractivity contribution in [1.29, 1.82) is 0 Å². The average molecular weight is 746 g/mol. The van der Waals surface area contributed by atoms with Crippen LogP contribution in [0.3, 0.4) is 0 Å². The molecule has 0 radical (unpaired) electrons. The van der Waals surface area contributed by atoms with Gasteiger partial charge in [0, 0.05) is 19.4 Å². The molecular formula is C41H80NO8P. The molecule has 9 nitrogen and oxygen atoms in total. The van der Waals surface area contributed by atoms with Gasteiger partial charge in [0.05, 0.1) is 13.2 Å². The minimum absolute atomic E-state index is 0.0516. The van der Waals surface area contributed by atoms with Gasteiger partial charge < -0.3 is 20.1 Å². The number of nitrogens with two attached hydrogens (primary N) is 1. The van der Waals surface area contributed by atoms with Gasteiger partial charge in [0.15, 0.2) is 6.10 Å². The Labute approximate surface area is 313 Å². The zero-order valence-electron chi connectivity index (χ0n) is 33.1. The number of carbonyl (C=O) groups excluding carboxylic acids is 2. The fourth-order valence-electron chi connectivity index (χ4n) is 6.01. The lowest BCUT2D eigenvalue weighted by Crippen LogP contribution is -2.29. The van der Waals surface area contributed by atoms with E-state index in [2.05, 4.69) is 19.9 Å². The molecule has 0 bridgehead atoms. The summed E-state index contributed by atoms with van der Waals surface area (Å²) in [4.78, 5) is 34.8. The maximum absolute atomic E-state index is 12.5. The minimum atomic E-state index is -4.38. The second-order valence-corrected chi connectivity index (χ2v) is 15.7. The number of carbonyl (C=O) groups is 2. The third-order valence-electron chi connectivity index (χ3n) is 9.16. The maximum atomic E-state index is 12.5. The summed E-state index contributed by atoms with van der Waals surface area (Å²) < 4.78 is 32.7. The van der Waals surface area contributed by atoms with E-state index in [1.54, 1.807) is 0 Å². The van der Waals surface area contributed by atoms with Gasteiger partial charge in [-0.2, -0.15) is 0 Å². The van der Waals surface area contributed by atoms with Gasteiger partial charge in [-0.15, -0.1) is 0 Å². The Morgan fingerprint density at radius 2 is 1.00 bits per heavy atom. The lowest BCUT2D eigenvalue weighted by molar-refractivity contribution is -0.161. The smallest absolute Gasteiger partial charge is 0.462 e. The average Bonchev–Trinajstić information content (AvgIpc) is 3.11. The molecule has 0 aromatic rings. The molecule has 2 unspecified atom stereocenters. The quantitative estimate of drug-likeness (QED) is 0.0272. The van der Waals surface area contributed by atoms with E-state index in [-0.39, 0.29) is 38.6 Å². The topological polar surface area (TPSA) is 134 Å². The van der Waals surface area contributed by atoms with Crippen molar-refractivity contribution in [3.63, 3.8) is 0 Å². The first-order valence-corrected chi connectivity index (χ1v) is 22.7. The van der Waals surface area contributed by atoms with Crippen molar-refractivity contribution in [3.05, 3.63) is 12.2 Å². The fourth-order valence-corrected chi connectivity index (χ4v) is 6.77. The molecule has 0 heterocycles. The van der Waals surface area contributed by atoms with Crippen LogP contribution in [0.15, 0.2) is 12.2 Å². The van der Waals surface area contributed by atoms with Gasteiger partial charge in [-0.3, -0.25) is 18.6 Å². The van der Waals surface area contributed by atoms with Crippen LogP contribution in [-0.2, 0) is 32.7 Å². The Hall–Kier alpha value is -1.25. The van der Waals surface area contributed by atoms with Crippen molar-refractivity contribution < 1.29 is 37.6 Å². The highest BCUT2D eigenvalue weighted by Gasteiger charge is 2.25. The monoisotopic (exact) mass is 746 g/mol. The number of unbranched alkanes of at least 4 members (excludes halogenated alkanes) is 25. The molecule has 0 aliphatic heterocycles. The molecule has 0 amide bonds. The van der Waals surface area contributed by atoms with Crippen LogP contribution < -0.4 is 5.73 Å². The highest BCUT2D eigenvalue weighted by Crippen LogP contribution is 2.43. The lowest BCUT2D eigenvalue weighted by Gasteiger charge is -2.19. The molecule has 10 heteroatoms. The van der Waals surface area contributed by atoms with Gasteiger partial charge in [0.25, 0.3) is 0 Å². The first kappa shape index (κ1) is 49.8. The van der Waals surface area contributed by atoms with Gasteiger partial charge in [-0.05, 0) is 25.7 Å². The van der Waals surface area contributed by atoms with Crippen molar-refractivity contribution >= 4 is 19.8 Å². The summed E-state index contributed by atoms with van der Waals surface area (Å²) in [5, 5.41) is 0. The number of allylic oxidation sites excluding steroid dienone is 2. The van der Waals surface area contributed by atoms with E-state index in [4.69, 9.17) is 24.3 Å². The molecule has 2 atom stereocenters. The minimum Gasteiger partial charge on any atom is -0.462 e. The Kier molecular flexibility index (Phi) is 37.5. The summed E-state index contributed by atoms with van der Waals surface area (Å²) in [6.07, 6.45) is 38.2. The van der Waals surface area contributed by atoms with Crippen LogP contribution in [0.1, 0.15) is 206 Å². The van der Waals surface area contributed by atoms with Crippen LogP contribution in [0.25, 0.3) is 0 Å². The third-order valence-corrected chi connectivity index (χ3v) is 10.1. The maximum Gasteiger partial charge on any atom is 0.472 e. The van der Waals surface area contributed by atoms with E-state index in [1.165, 1.54) is 141 Å². The van der Waals surface area contributed by atoms with Crippen LogP contribution in [-0.4, -0.2) is 49.3 Å². The van der Waals surface area contributed by atoms with Gasteiger partial charge in [-0.1, -0.05) is 180 Å². The predicted octanol–water partition coefficient (Wildman–Crippen LogP) is 11.8. The van der Waals surface area contributed by atoms with E-state index in [0.29, 0.717) is 6.42 Å². The Balaban J connectivity index is 4.17. The molecule has 0 rings (SSSR count). The zero-order chi connectivity index (χ0) is 37.5. The third kappa shape index (κ3) is 38.3. The van der Waals surface area contributed by atoms with Gasteiger partial charge in [0.2, 0.25) is 0 Å². The lowest BCUT2D eigenvalue weighted by atomic mass is 10.0. The van der Waals surface area contributed by atoms with E-state index >= 15 is 0 Å². The van der Waals surface area contributed by atoms with Crippen LogP contribution in [0.5, 0.6) is 0 Å². The van der Waals surface area contributed by atoms with Crippen LogP contribution >= 0.6 is 7.82 Å². The normalized spacial score (nSPS) is 13.4. The molecule has 0 saturated carbocycles. The molecule has 0 aliphatic carbocycles. The summed E-state index contributed by atoms with van der Waals surface area (Å²) in [7, 11) is -4.38. The molecule has 0 aliphatic rings. The van der Waals surface area contributed by atoms with Gasteiger partial charge in [0.1, 0.15) is 6.61 Å². The van der Waals surface area contributed by atoms with Crippen LogP contribution in [0.2, 0.25) is 0 Å². The molecule has 3 N–H and O–H groups in total. The van der Waals surface area contributed by atoms with E-state index in [1.807, 2.05) is 6.08 Å². The number of rotatable bonds is 40. The van der Waals surface area contributed by atoms with Crippen molar-refractivity contribution in [2.45, 2.75) is 213 Å². The number of ether oxygens (including phenoxy) is 2. The van der Waals surface area contributed by atoms with Crippen molar-refractivity contribution in [2.75, 3.05) is 26.4 Å². The number of phosphoric acid groups is 1. The van der Waals surface area contributed by atoms with Crippen LogP contribution in [0, 0.1) is 0 Å². The van der Waals surface area contributed by atoms with E-state index in [9.17, 15) is 19.0 Å². The second-order valence-electron chi connectivity index (χ2n) is 14.2. The fraction of sp³-hybridized carbons (Fsp3) is 0.902. The highest BCUT2D eigenvalue weighted by atomic mass is 31.2. The van der Waals surface area contributed by atoms with Crippen LogP contribution in [0.4, 0.5) is 0 Å². The summed E-state index contributed by atoms with van der Waals surface area (Å²) in [6, 6.07) is 0. The van der Waals surface area contributed by atoms with Crippen molar-refractivity contribution in [3.8, 4) is 0 Å². The molecule has 0 aromatic heterocycles. The molecule has 0 spiro atoms. The van der Waals surface area contributed by atoms with Crippen molar-refractivity contribution in [1.82, 2.24) is 0 Å². The second kappa shape index (κ2) is 38.5. The summed E-state index contributed by atoms with van der Waals surface area (Å²) in [6.45, 7) is 3.71. The molecule has 0 fully saturated rings. The SMILES string of the molecule is CCCCCCCCCCCCCCCC=CCCC(=O)OC(COC(=O)CCCCCCCCCCCCCCC)COP(=O)(O)OCCN. The molecule has 0 aromatic carbocycles. The number of phosphoric ester groups is 1. The van der Waals surface area contributed by atoms with Crippen molar-refractivity contribution in [2.24, 2.45) is 5.73 Å². The molecule has 302 valence electrons. The Bertz CT molecular complexity index is 856.